The van der Waals surface area contributed by atoms with Crippen molar-refractivity contribution in [3.05, 3.63) is 170 Å². The third kappa shape index (κ3) is 4.53. The molecule has 0 N–H and O–H groups in total. The van der Waals surface area contributed by atoms with Gasteiger partial charge in [-0.05, 0) is 102 Å². The Hall–Kier alpha value is -5.99. The number of aryl methyl sites for hydroxylation is 1. The second-order valence-corrected chi connectivity index (χ2v) is 12.2. The molecule has 0 unspecified atom stereocenters. The minimum absolute atomic E-state index is 0.865. The summed E-state index contributed by atoms with van der Waals surface area (Å²) in [5, 5.41) is 7.53. The van der Waals surface area contributed by atoms with Gasteiger partial charge in [0.05, 0.1) is 11.0 Å². The van der Waals surface area contributed by atoms with Crippen molar-refractivity contribution >= 4 is 43.4 Å². The van der Waals surface area contributed by atoms with Crippen molar-refractivity contribution in [2.75, 3.05) is 0 Å². The number of para-hydroxylation sites is 2. The van der Waals surface area contributed by atoms with Crippen molar-refractivity contribution in [2.45, 2.75) is 13.3 Å². The molecule has 0 radical (unpaired) electrons. The van der Waals surface area contributed by atoms with Crippen LogP contribution in [0.2, 0.25) is 0 Å². The topological polar surface area (TPSA) is 17.8 Å². The van der Waals surface area contributed by atoms with Gasteiger partial charge in [0.15, 0.2) is 0 Å². The smallest absolute Gasteiger partial charge is 0.114 e. The van der Waals surface area contributed by atoms with E-state index in [9.17, 15) is 0 Å². The third-order valence-corrected chi connectivity index (χ3v) is 9.53. The van der Waals surface area contributed by atoms with Gasteiger partial charge in [0.1, 0.15) is 5.82 Å². The molecule has 0 saturated carbocycles. The number of benzene rings is 8. The van der Waals surface area contributed by atoms with Crippen molar-refractivity contribution < 1.29 is 0 Å². The molecule has 0 aliphatic rings. The summed E-state index contributed by atoms with van der Waals surface area (Å²) in [6, 6.07) is 59.6. The molecule has 2 nitrogen and oxygen atoms in total. The molecular formula is C45H32N2. The van der Waals surface area contributed by atoms with Crippen molar-refractivity contribution in [1.82, 2.24) is 9.55 Å². The van der Waals surface area contributed by atoms with Crippen LogP contribution in [0.15, 0.2) is 164 Å². The second kappa shape index (κ2) is 11.1. The molecule has 0 atom stereocenters. The van der Waals surface area contributed by atoms with Crippen molar-refractivity contribution in [1.29, 1.82) is 0 Å². The zero-order chi connectivity index (χ0) is 31.3. The molecule has 1 heterocycles. The van der Waals surface area contributed by atoms with Gasteiger partial charge in [0, 0.05) is 12.1 Å². The van der Waals surface area contributed by atoms with E-state index in [1.807, 2.05) is 0 Å². The monoisotopic (exact) mass is 600 g/mol. The van der Waals surface area contributed by atoms with Gasteiger partial charge in [-0.3, -0.25) is 4.57 Å². The molecule has 0 aliphatic carbocycles. The van der Waals surface area contributed by atoms with Crippen LogP contribution >= 0.6 is 0 Å². The molecule has 0 bridgehead atoms. The van der Waals surface area contributed by atoms with E-state index in [2.05, 4.69) is 175 Å². The molecule has 0 saturated heterocycles. The van der Waals surface area contributed by atoms with Gasteiger partial charge < -0.3 is 0 Å². The van der Waals surface area contributed by atoms with Gasteiger partial charge in [-0.1, -0.05) is 134 Å². The van der Waals surface area contributed by atoms with E-state index in [1.54, 1.807) is 0 Å². The van der Waals surface area contributed by atoms with Gasteiger partial charge in [0.25, 0.3) is 0 Å². The minimum Gasteiger partial charge on any atom is -0.296 e. The Balaban J connectivity index is 1.32. The number of imidazole rings is 1. The molecule has 0 aliphatic heterocycles. The van der Waals surface area contributed by atoms with Crippen LogP contribution in [0.5, 0.6) is 0 Å². The fourth-order valence-electron chi connectivity index (χ4n) is 7.33. The average molecular weight is 601 g/mol. The number of hydrogen-bond donors (Lipinski definition) is 0. The van der Waals surface area contributed by atoms with Crippen molar-refractivity contribution in [3.63, 3.8) is 0 Å². The summed E-state index contributed by atoms with van der Waals surface area (Å²) < 4.78 is 2.30. The molecule has 47 heavy (non-hydrogen) atoms. The van der Waals surface area contributed by atoms with E-state index in [1.165, 1.54) is 65.7 Å². The molecule has 2 heteroatoms. The summed E-state index contributed by atoms with van der Waals surface area (Å²) in [6.45, 7) is 2.17. The lowest BCUT2D eigenvalue weighted by Crippen LogP contribution is -2.00. The van der Waals surface area contributed by atoms with Gasteiger partial charge in [-0.15, -0.1) is 0 Å². The van der Waals surface area contributed by atoms with Crippen LogP contribution in [-0.4, -0.2) is 9.55 Å². The van der Waals surface area contributed by atoms with Gasteiger partial charge in [0.2, 0.25) is 0 Å². The van der Waals surface area contributed by atoms with Gasteiger partial charge in [-0.25, -0.2) is 4.98 Å². The van der Waals surface area contributed by atoms with Crippen LogP contribution < -0.4 is 0 Å². The summed E-state index contributed by atoms with van der Waals surface area (Å²) in [7, 11) is 0. The summed E-state index contributed by atoms with van der Waals surface area (Å²) in [5.41, 5.74) is 10.7. The number of aromatic nitrogens is 2. The summed E-state index contributed by atoms with van der Waals surface area (Å²) in [6.07, 6.45) is 0.865. The molecule has 9 rings (SSSR count). The van der Waals surface area contributed by atoms with Crippen LogP contribution in [0, 0.1) is 0 Å². The lowest BCUT2D eigenvalue weighted by atomic mass is 9.84. The first-order chi connectivity index (χ1) is 23.3. The predicted octanol–water partition coefficient (Wildman–Crippen LogP) is 12.0. The lowest BCUT2D eigenvalue weighted by Gasteiger charge is -2.19. The van der Waals surface area contributed by atoms with E-state index in [-0.39, 0.29) is 0 Å². The lowest BCUT2D eigenvalue weighted by molar-refractivity contribution is 0.908. The molecule has 8 aromatic carbocycles. The number of nitrogens with zero attached hydrogens (tertiary/aromatic N) is 2. The Morgan fingerprint density at radius 2 is 1.06 bits per heavy atom. The maximum atomic E-state index is 4.93. The first-order valence-electron chi connectivity index (χ1n) is 16.4. The SMILES string of the molecule is CCc1nc2ccccc2n1-c1ccc(-c2c3ccccc3c(-c3ccc4ccccc4c3)c3ccc(-c4ccccc4)cc23)cc1. The largest absolute Gasteiger partial charge is 0.296 e. The second-order valence-electron chi connectivity index (χ2n) is 12.2. The fourth-order valence-corrected chi connectivity index (χ4v) is 7.33. The maximum absolute atomic E-state index is 4.93. The molecule has 9 aromatic rings. The Morgan fingerprint density at radius 3 is 1.85 bits per heavy atom. The molecule has 0 amide bonds. The Bertz CT molecular complexity index is 2590. The number of hydrogen-bond acceptors (Lipinski definition) is 1. The van der Waals surface area contributed by atoms with Gasteiger partial charge >= 0.3 is 0 Å². The number of rotatable bonds is 5. The standard InChI is InChI=1S/C45H32N2/c1-2-43-46-41-18-10-11-19-42(41)47(43)36-25-22-32(23-26-36)44-37-16-8-9-17-38(37)45(35-21-20-31-14-6-7-15-33(31)28-35)39-27-24-34(29-40(39)44)30-12-4-3-5-13-30/h3-29H,2H2,1H3. The highest BCUT2D eigenvalue weighted by atomic mass is 15.1. The van der Waals surface area contributed by atoms with E-state index < -0.39 is 0 Å². The van der Waals surface area contributed by atoms with Crippen LogP contribution in [0.25, 0.3) is 82.4 Å². The zero-order valence-corrected chi connectivity index (χ0v) is 26.2. The van der Waals surface area contributed by atoms with E-state index in [0.29, 0.717) is 0 Å². The Morgan fingerprint density at radius 1 is 0.447 bits per heavy atom. The highest BCUT2D eigenvalue weighted by molar-refractivity contribution is 6.22. The molecule has 1 aromatic heterocycles. The van der Waals surface area contributed by atoms with Crippen molar-refractivity contribution in [3.8, 4) is 39.1 Å². The number of fused-ring (bicyclic) bond motifs is 4. The first-order valence-corrected chi connectivity index (χ1v) is 16.4. The molecule has 0 spiro atoms. The van der Waals surface area contributed by atoms with Gasteiger partial charge in [-0.2, -0.15) is 0 Å². The minimum atomic E-state index is 0.865. The normalized spacial score (nSPS) is 11.6. The Kier molecular flexibility index (Phi) is 6.46. The van der Waals surface area contributed by atoms with Crippen LogP contribution in [-0.2, 0) is 6.42 Å². The first kappa shape index (κ1) is 27.3. The maximum Gasteiger partial charge on any atom is 0.114 e. The third-order valence-electron chi connectivity index (χ3n) is 9.53. The average Bonchev–Trinajstić information content (AvgIpc) is 3.53. The highest BCUT2D eigenvalue weighted by Gasteiger charge is 2.18. The van der Waals surface area contributed by atoms with Crippen LogP contribution in [0.1, 0.15) is 12.7 Å². The van der Waals surface area contributed by atoms with E-state index in [4.69, 9.17) is 4.98 Å². The molecule has 222 valence electrons. The molecular weight excluding hydrogens is 569 g/mol. The van der Waals surface area contributed by atoms with E-state index >= 15 is 0 Å². The summed E-state index contributed by atoms with van der Waals surface area (Å²) >= 11 is 0. The fraction of sp³-hybridized carbons (Fsp3) is 0.0444. The zero-order valence-electron chi connectivity index (χ0n) is 26.2. The molecule has 0 fully saturated rings. The summed E-state index contributed by atoms with van der Waals surface area (Å²) in [4.78, 5) is 4.93. The Labute approximate surface area is 274 Å². The van der Waals surface area contributed by atoms with E-state index in [0.717, 1.165) is 29.0 Å². The quantitative estimate of drug-likeness (QED) is 0.180. The highest BCUT2D eigenvalue weighted by Crippen LogP contribution is 2.45. The van der Waals surface area contributed by atoms with Crippen LogP contribution in [0.4, 0.5) is 0 Å². The summed E-state index contributed by atoms with van der Waals surface area (Å²) in [5.74, 6) is 1.07. The van der Waals surface area contributed by atoms with Crippen molar-refractivity contribution in [2.24, 2.45) is 0 Å². The van der Waals surface area contributed by atoms with Crippen LogP contribution in [0.3, 0.4) is 0 Å². The predicted molar refractivity (Wildman–Crippen MR) is 199 cm³/mol.